The number of nitrogen functional groups attached to an aromatic ring is 1. The molecule has 0 bridgehead atoms. The van der Waals surface area contributed by atoms with Crippen molar-refractivity contribution < 1.29 is 0 Å². The molecule has 0 unspecified atom stereocenters. The van der Waals surface area contributed by atoms with Gasteiger partial charge in [-0.05, 0) is 24.3 Å². The summed E-state index contributed by atoms with van der Waals surface area (Å²) in [7, 11) is 0. The summed E-state index contributed by atoms with van der Waals surface area (Å²) in [5.41, 5.74) is 8.65. The first-order valence-electron chi connectivity index (χ1n) is 7.01. The molecule has 3 rings (SSSR count). The molecule has 0 radical (unpaired) electrons. The Kier molecular flexibility index (Phi) is 4.28. The lowest BCUT2D eigenvalue weighted by atomic mass is 10.1. The Morgan fingerprint density at radius 2 is 2.10 bits per heavy atom. The maximum atomic E-state index is 5.80. The Balaban J connectivity index is 1.65. The normalized spacial score (nSPS) is 16.4. The molecular formula is C15H20N4S. The number of pyridine rings is 1. The Bertz CT molecular complexity index is 581. The SMILES string of the molecule is Nc1ccc2c(NCCN3CCSCC3)ccnc2c1. The summed E-state index contributed by atoms with van der Waals surface area (Å²) in [6.45, 7) is 4.48. The summed E-state index contributed by atoms with van der Waals surface area (Å²) in [4.78, 5) is 6.89. The summed E-state index contributed by atoms with van der Waals surface area (Å²) in [5, 5.41) is 4.66. The van der Waals surface area contributed by atoms with Crippen molar-refractivity contribution in [3.63, 3.8) is 0 Å². The molecule has 20 heavy (non-hydrogen) atoms. The van der Waals surface area contributed by atoms with E-state index in [1.807, 2.05) is 42.2 Å². The first-order valence-corrected chi connectivity index (χ1v) is 8.16. The number of anilines is 2. The van der Waals surface area contributed by atoms with E-state index < -0.39 is 0 Å². The zero-order valence-electron chi connectivity index (χ0n) is 11.5. The molecule has 0 aliphatic carbocycles. The number of fused-ring (bicyclic) bond motifs is 1. The van der Waals surface area contributed by atoms with Gasteiger partial charge in [-0.3, -0.25) is 9.88 Å². The van der Waals surface area contributed by atoms with E-state index in [0.717, 1.165) is 35.4 Å². The van der Waals surface area contributed by atoms with Gasteiger partial charge >= 0.3 is 0 Å². The number of aromatic nitrogens is 1. The van der Waals surface area contributed by atoms with E-state index in [0.29, 0.717) is 0 Å². The summed E-state index contributed by atoms with van der Waals surface area (Å²) in [5.74, 6) is 2.52. The Hall–Kier alpha value is -1.46. The number of hydrogen-bond donors (Lipinski definition) is 2. The second-order valence-corrected chi connectivity index (χ2v) is 6.24. The average Bonchev–Trinajstić information content (AvgIpc) is 2.48. The van der Waals surface area contributed by atoms with Crippen LogP contribution in [0.2, 0.25) is 0 Å². The Morgan fingerprint density at radius 3 is 2.95 bits per heavy atom. The van der Waals surface area contributed by atoms with Crippen molar-refractivity contribution in [2.45, 2.75) is 0 Å². The second kappa shape index (κ2) is 6.33. The van der Waals surface area contributed by atoms with E-state index in [9.17, 15) is 0 Å². The van der Waals surface area contributed by atoms with E-state index >= 15 is 0 Å². The minimum Gasteiger partial charge on any atom is -0.399 e. The predicted molar refractivity (Wildman–Crippen MR) is 88.4 cm³/mol. The minimum absolute atomic E-state index is 0.757. The third kappa shape index (κ3) is 3.16. The monoisotopic (exact) mass is 288 g/mol. The molecule has 1 aliphatic heterocycles. The number of hydrogen-bond acceptors (Lipinski definition) is 5. The van der Waals surface area contributed by atoms with Gasteiger partial charge in [-0.25, -0.2) is 0 Å². The molecule has 0 amide bonds. The number of thioether (sulfide) groups is 1. The van der Waals surface area contributed by atoms with Crippen LogP contribution >= 0.6 is 11.8 Å². The van der Waals surface area contributed by atoms with E-state index in [1.54, 1.807) is 0 Å². The summed E-state index contributed by atoms with van der Waals surface area (Å²) in [6, 6.07) is 7.92. The highest BCUT2D eigenvalue weighted by atomic mass is 32.2. The first kappa shape index (κ1) is 13.5. The molecule has 1 aliphatic rings. The number of nitrogens with one attached hydrogen (secondary N) is 1. The van der Waals surface area contributed by atoms with Gasteiger partial charge in [0.05, 0.1) is 5.52 Å². The van der Waals surface area contributed by atoms with Gasteiger partial charge in [0, 0.05) is 60.6 Å². The van der Waals surface area contributed by atoms with Crippen LogP contribution in [0.25, 0.3) is 10.9 Å². The zero-order valence-corrected chi connectivity index (χ0v) is 12.3. The van der Waals surface area contributed by atoms with Crippen LogP contribution in [0.3, 0.4) is 0 Å². The molecule has 5 heteroatoms. The molecule has 2 heterocycles. The van der Waals surface area contributed by atoms with Crippen molar-refractivity contribution >= 4 is 34.0 Å². The lowest BCUT2D eigenvalue weighted by Gasteiger charge is -2.26. The molecule has 2 aromatic rings. The fraction of sp³-hybridized carbons (Fsp3) is 0.400. The van der Waals surface area contributed by atoms with E-state index in [-0.39, 0.29) is 0 Å². The Morgan fingerprint density at radius 1 is 1.25 bits per heavy atom. The van der Waals surface area contributed by atoms with Gasteiger partial charge < -0.3 is 11.1 Å². The van der Waals surface area contributed by atoms with Gasteiger partial charge in [0.15, 0.2) is 0 Å². The standard InChI is InChI=1S/C15H20N4S/c16-12-1-2-13-14(3-4-17-15(13)11-12)18-5-6-19-7-9-20-10-8-19/h1-4,11H,5-10,16H2,(H,17,18). The van der Waals surface area contributed by atoms with Crippen molar-refractivity contribution in [1.82, 2.24) is 9.88 Å². The smallest absolute Gasteiger partial charge is 0.0743 e. The van der Waals surface area contributed by atoms with Gasteiger partial charge in [-0.1, -0.05) is 0 Å². The van der Waals surface area contributed by atoms with E-state index in [2.05, 4.69) is 15.2 Å². The van der Waals surface area contributed by atoms with Crippen molar-refractivity contribution in [2.24, 2.45) is 0 Å². The third-order valence-corrected chi connectivity index (χ3v) is 4.56. The van der Waals surface area contributed by atoms with Crippen molar-refractivity contribution in [3.05, 3.63) is 30.5 Å². The summed E-state index contributed by atoms with van der Waals surface area (Å²) in [6.07, 6.45) is 1.83. The molecule has 1 saturated heterocycles. The topological polar surface area (TPSA) is 54.2 Å². The van der Waals surface area contributed by atoms with Gasteiger partial charge in [0.25, 0.3) is 0 Å². The van der Waals surface area contributed by atoms with Crippen molar-refractivity contribution in [2.75, 3.05) is 48.7 Å². The molecule has 0 saturated carbocycles. The van der Waals surface area contributed by atoms with Crippen LogP contribution in [0.4, 0.5) is 11.4 Å². The third-order valence-electron chi connectivity index (χ3n) is 3.61. The molecule has 106 valence electrons. The molecule has 4 nitrogen and oxygen atoms in total. The predicted octanol–water partition coefficient (Wildman–Crippen LogP) is 2.28. The fourth-order valence-corrected chi connectivity index (χ4v) is 3.47. The van der Waals surface area contributed by atoms with Gasteiger partial charge in [0.2, 0.25) is 0 Å². The Labute approximate surface area is 123 Å². The van der Waals surface area contributed by atoms with Crippen LogP contribution < -0.4 is 11.1 Å². The molecule has 1 aromatic carbocycles. The number of nitrogens with zero attached hydrogens (tertiary/aromatic N) is 2. The molecule has 3 N–H and O–H groups in total. The highest BCUT2D eigenvalue weighted by Gasteiger charge is 2.09. The van der Waals surface area contributed by atoms with Crippen LogP contribution in [0.1, 0.15) is 0 Å². The van der Waals surface area contributed by atoms with Crippen LogP contribution in [-0.4, -0.2) is 47.6 Å². The van der Waals surface area contributed by atoms with Crippen LogP contribution in [0, 0.1) is 0 Å². The first-order chi connectivity index (χ1) is 9.83. The fourth-order valence-electron chi connectivity index (χ4n) is 2.49. The second-order valence-electron chi connectivity index (χ2n) is 5.02. The number of benzene rings is 1. The van der Waals surface area contributed by atoms with Crippen LogP contribution in [0.15, 0.2) is 30.5 Å². The summed E-state index contributed by atoms with van der Waals surface area (Å²) >= 11 is 2.05. The average molecular weight is 288 g/mol. The molecule has 0 atom stereocenters. The van der Waals surface area contributed by atoms with Crippen LogP contribution in [-0.2, 0) is 0 Å². The highest BCUT2D eigenvalue weighted by molar-refractivity contribution is 7.99. The summed E-state index contributed by atoms with van der Waals surface area (Å²) < 4.78 is 0. The number of rotatable bonds is 4. The van der Waals surface area contributed by atoms with Crippen molar-refractivity contribution in [3.8, 4) is 0 Å². The molecule has 1 aromatic heterocycles. The molecular weight excluding hydrogens is 268 g/mol. The van der Waals surface area contributed by atoms with Gasteiger partial charge in [0.1, 0.15) is 0 Å². The number of nitrogens with two attached hydrogens (primary N) is 1. The molecule has 1 fully saturated rings. The van der Waals surface area contributed by atoms with E-state index in [1.165, 1.54) is 24.6 Å². The molecule has 0 spiro atoms. The zero-order chi connectivity index (χ0) is 13.8. The van der Waals surface area contributed by atoms with Crippen LogP contribution in [0.5, 0.6) is 0 Å². The van der Waals surface area contributed by atoms with Gasteiger partial charge in [-0.15, -0.1) is 0 Å². The lowest BCUT2D eigenvalue weighted by Crippen LogP contribution is -2.36. The lowest BCUT2D eigenvalue weighted by molar-refractivity contribution is 0.314. The quantitative estimate of drug-likeness (QED) is 0.845. The minimum atomic E-state index is 0.757. The van der Waals surface area contributed by atoms with Gasteiger partial charge in [-0.2, -0.15) is 11.8 Å². The maximum Gasteiger partial charge on any atom is 0.0743 e. The largest absolute Gasteiger partial charge is 0.399 e. The van der Waals surface area contributed by atoms with Crippen molar-refractivity contribution in [1.29, 1.82) is 0 Å². The maximum absolute atomic E-state index is 5.80. The highest BCUT2D eigenvalue weighted by Crippen LogP contribution is 2.23. The van der Waals surface area contributed by atoms with E-state index in [4.69, 9.17) is 5.73 Å².